The van der Waals surface area contributed by atoms with Gasteiger partial charge < -0.3 is 5.11 Å². The molecule has 0 bridgehead atoms. The van der Waals surface area contributed by atoms with E-state index in [1.165, 1.54) is 6.26 Å². The Balaban J connectivity index is 1.85. The highest BCUT2D eigenvalue weighted by Gasteiger charge is 2.53. The lowest BCUT2D eigenvalue weighted by Crippen LogP contribution is -2.19. The Labute approximate surface area is 125 Å². The predicted octanol–water partition coefficient (Wildman–Crippen LogP) is 2.69. The Hall–Kier alpha value is -1.36. The van der Waals surface area contributed by atoms with Gasteiger partial charge in [-0.15, -0.1) is 0 Å². The summed E-state index contributed by atoms with van der Waals surface area (Å²) < 4.78 is 23.2. The van der Waals surface area contributed by atoms with Crippen molar-refractivity contribution < 1.29 is 18.3 Å². The fraction of sp³-hybridized carbons (Fsp3) is 0.562. The van der Waals surface area contributed by atoms with Gasteiger partial charge in [-0.2, -0.15) is 0 Å². The minimum atomic E-state index is -3.09. The van der Waals surface area contributed by atoms with Crippen LogP contribution in [0.3, 0.4) is 0 Å². The zero-order valence-corrected chi connectivity index (χ0v) is 12.9. The summed E-state index contributed by atoms with van der Waals surface area (Å²) in [6.45, 7) is 0. The third-order valence-corrected chi connectivity index (χ3v) is 6.93. The average Bonchev–Trinajstić information content (AvgIpc) is 3.27. The maximum Gasteiger partial charge on any atom is 0.303 e. The van der Waals surface area contributed by atoms with Crippen LogP contribution in [0.4, 0.5) is 0 Å². The molecule has 2 saturated carbocycles. The van der Waals surface area contributed by atoms with Crippen molar-refractivity contribution in [2.24, 2.45) is 5.92 Å². The van der Waals surface area contributed by atoms with Crippen LogP contribution in [-0.2, 0) is 19.4 Å². The Bertz CT molecular complexity index is 652. The smallest absolute Gasteiger partial charge is 0.303 e. The summed E-state index contributed by atoms with van der Waals surface area (Å²) in [5.74, 6) is -0.243. The first-order valence-corrected chi connectivity index (χ1v) is 9.24. The summed E-state index contributed by atoms with van der Waals surface area (Å²) >= 11 is 0. The van der Waals surface area contributed by atoms with Crippen LogP contribution in [0.5, 0.6) is 0 Å². The van der Waals surface area contributed by atoms with Gasteiger partial charge in [-0.05, 0) is 48.6 Å². The topological polar surface area (TPSA) is 71.4 Å². The monoisotopic (exact) mass is 308 g/mol. The minimum absolute atomic E-state index is 0.0601. The maximum absolute atomic E-state index is 11.9. The molecular formula is C16H20O4S. The van der Waals surface area contributed by atoms with Crippen molar-refractivity contribution in [3.63, 3.8) is 0 Å². The molecular weight excluding hydrogens is 288 g/mol. The fourth-order valence-electron chi connectivity index (χ4n) is 3.26. The van der Waals surface area contributed by atoms with E-state index in [0.717, 1.165) is 24.0 Å². The number of carbonyl (C=O) groups is 1. The van der Waals surface area contributed by atoms with Crippen LogP contribution in [0.2, 0.25) is 0 Å². The third-order valence-electron chi connectivity index (χ3n) is 4.86. The number of rotatable bonds is 6. The van der Waals surface area contributed by atoms with Crippen LogP contribution in [-0.4, -0.2) is 25.7 Å². The number of carboxylic acid groups (broad SMARTS) is 1. The van der Waals surface area contributed by atoms with Crippen LogP contribution < -0.4 is 0 Å². The molecule has 0 heterocycles. The first kappa shape index (κ1) is 14.6. The number of aliphatic carboxylic acids is 1. The van der Waals surface area contributed by atoms with Gasteiger partial charge in [-0.1, -0.05) is 24.3 Å². The van der Waals surface area contributed by atoms with E-state index in [4.69, 9.17) is 5.11 Å². The first-order valence-electron chi connectivity index (χ1n) is 7.35. The number of hydrogen-bond donors (Lipinski definition) is 1. The molecule has 21 heavy (non-hydrogen) atoms. The van der Waals surface area contributed by atoms with E-state index in [0.29, 0.717) is 18.8 Å². The summed E-state index contributed by atoms with van der Waals surface area (Å²) in [5, 5.41) is 9.04. The lowest BCUT2D eigenvalue weighted by molar-refractivity contribution is -0.137. The molecule has 1 atom stereocenters. The summed E-state index contributed by atoms with van der Waals surface area (Å²) in [4.78, 5) is 11.0. The Morgan fingerprint density at radius 2 is 1.86 bits per heavy atom. The molecule has 1 unspecified atom stereocenters. The second-order valence-electron chi connectivity index (χ2n) is 6.43. The van der Waals surface area contributed by atoms with E-state index in [-0.39, 0.29) is 12.3 Å². The minimum Gasteiger partial charge on any atom is -0.481 e. The second kappa shape index (κ2) is 4.83. The molecule has 1 N–H and O–H groups in total. The summed E-state index contributed by atoms with van der Waals surface area (Å²) in [5.41, 5.74) is 1.87. The van der Waals surface area contributed by atoms with Gasteiger partial charge in [0.1, 0.15) is 0 Å². The van der Waals surface area contributed by atoms with E-state index < -0.39 is 20.6 Å². The van der Waals surface area contributed by atoms with Gasteiger partial charge in [0.05, 0.1) is 11.2 Å². The largest absolute Gasteiger partial charge is 0.481 e. The third kappa shape index (κ3) is 2.71. The summed E-state index contributed by atoms with van der Waals surface area (Å²) in [6.07, 6.45) is 5.01. The molecule has 0 aromatic heterocycles. The van der Waals surface area contributed by atoms with Crippen molar-refractivity contribution in [3.05, 3.63) is 35.4 Å². The quantitative estimate of drug-likeness (QED) is 0.877. The standard InChI is InChI=1S/C16H20O4S/c1-21(19,20)16(8-9-16)13-6-4-12(5-7-13)14(10-15(17)18)11-2-3-11/h4-7,11,14H,2-3,8-10H2,1H3,(H,17,18). The van der Waals surface area contributed by atoms with Gasteiger partial charge in [0.2, 0.25) is 0 Å². The zero-order chi connectivity index (χ0) is 15.3. The van der Waals surface area contributed by atoms with E-state index >= 15 is 0 Å². The Morgan fingerprint density at radius 3 is 2.24 bits per heavy atom. The average molecular weight is 308 g/mol. The molecule has 114 valence electrons. The molecule has 2 aliphatic rings. The highest BCUT2D eigenvalue weighted by molar-refractivity contribution is 7.92. The predicted molar refractivity (Wildman–Crippen MR) is 79.9 cm³/mol. The Morgan fingerprint density at radius 1 is 1.29 bits per heavy atom. The van der Waals surface area contributed by atoms with Crippen molar-refractivity contribution in [3.8, 4) is 0 Å². The van der Waals surface area contributed by atoms with Gasteiger partial charge in [0.15, 0.2) is 9.84 Å². The molecule has 2 aliphatic carbocycles. The zero-order valence-electron chi connectivity index (χ0n) is 12.1. The van der Waals surface area contributed by atoms with E-state index in [2.05, 4.69) is 0 Å². The highest BCUT2D eigenvalue weighted by atomic mass is 32.2. The van der Waals surface area contributed by atoms with Crippen molar-refractivity contribution in [2.45, 2.75) is 42.8 Å². The molecule has 1 aromatic carbocycles. The number of hydrogen-bond acceptors (Lipinski definition) is 3. The molecule has 1 aromatic rings. The van der Waals surface area contributed by atoms with Crippen LogP contribution in [0, 0.1) is 5.92 Å². The van der Waals surface area contributed by atoms with E-state index in [9.17, 15) is 13.2 Å². The Kier molecular flexibility index (Phi) is 3.35. The molecule has 3 rings (SSSR count). The number of sulfone groups is 1. The SMILES string of the molecule is CS(=O)(=O)C1(c2ccc(C(CC(=O)O)C3CC3)cc2)CC1. The van der Waals surface area contributed by atoms with Crippen molar-refractivity contribution in [2.75, 3.05) is 6.26 Å². The number of benzene rings is 1. The molecule has 5 heteroatoms. The van der Waals surface area contributed by atoms with Gasteiger partial charge in [-0.25, -0.2) is 8.42 Å². The maximum atomic E-state index is 11.9. The molecule has 4 nitrogen and oxygen atoms in total. The lowest BCUT2D eigenvalue weighted by atomic mass is 9.90. The van der Waals surface area contributed by atoms with Crippen molar-refractivity contribution in [1.29, 1.82) is 0 Å². The van der Waals surface area contributed by atoms with Crippen LogP contribution in [0.25, 0.3) is 0 Å². The van der Waals surface area contributed by atoms with Crippen molar-refractivity contribution in [1.82, 2.24) is 0 Å². The van der Waals surface area contributed by atoms with E-state index in [1.54, 1.807) is 0 Å². The van der Waals surface area contributed by atoms with Crippen LogP contribution in [0.15, 0.2) is 24.3 Å². The lowest BCUT2D eigenvalue weighted by Gasteiger charge is -2.17. The number of carboxylic acids is 1. The highest BCUT2D eigenvalue weighted by Crippen LogP contribution is 2.53. The van der Waals surface area contributed by atoms with E-state index in [1.807, 2.05) is 24.3 Å². The van der Waals surface area contributed by atoms with Gasteiger partial charge in [-0.3, -0.25) is 4.79 Å². The molecule has 0 spiro atoms. The normalized spacial score (nSPS) is 21.8. The molecule has 0 aliphatic heterocycles. The summed E-state index contributed by atoms with van der Waals surface area (Å²) in [7, 11) is -3.09. The van der Waals surface area contributed by atoms with Crippen LogP contribution >= 0.6 is 0 Å². The second-order valence-corrected chi connectivity index (χ2v) is 8.76. The molecule has 0 saturated heterocycles. The molecule has 2 fully saturated rings. The summed E-state index contributed by atoms with van der Waals surface area (Å²) in [6, 6.07) is 7.60. The molecule has 0 radical (unpaired) electrons. The van der Waals surface area contributed by atoms with Crippen molar-refractivity contribution >= 4 is 15.8 Å². The first-order chi connectivity index (χ1) is 9.83. The fourth-order valence-corrected chi connectivity index (χ4v) is 4.67. The van der Waals surface area contributed by atoms with Gasteiger partial charge in [0.25, 0.3) is 0 Å². The van der Waals surface area contributed by atoms with Gasteiger partial charge >= 0.3 is 5.97 Å². The molecule has 0 amide bonds. The van der Waals surface area contributed by atoms with Crippen LogP contribution in [0.1, 0.15) is 49.1 Å². The van der Waals surface area contributed by atoms with Gasteiger partial charge in [0, 0.05) is 6.26 Å².